The molecule has 0 amide bonds. The van der Waals surface area contributed by atoms with E-state index in [1.54, 1.807) is 0 Å². The van der Waals surface area contributed by atoms with Gasteiger partial charge >= 0.3 is 0 Å². The molecule has 0 bridgehead atoms. The molecule has 0 heterocycles. The van der Waals surface area contributed by atoms with Crippen molar-refractivity contribution in [3.63, 3.8) is 0 Å². The van der Waals surface area contributed by atoms with Gasteiger partial charge in [0.05, 0.1) is 20.6 Å². The summed E-state index contributed by atoms with van der Waals surface area (Å²) >= 11 is 0. The number of nitrogens with two attached hydrogens (primary N) is 1. The largest absolute Gasteiger partial charge is 0.330 e. The van der Waals surface area contributed by atoms with E-state index in [1.807, 2.05) is 0 Å². The Morgan fingerprint density at radius 1 is 0.857 bits per heavy atom. The molecule has 0 radical (unpaired) electrons. The van der Waals surface area contributed by atoms with Gasteiger partial charge in [0.25, 0.3) is 0 Å². The zero-order valence-electron chi connectivity index (χ0n) is 14.8. The average molecular weight is 300 g/mol. The minimum atomic E-state index is 0.417. The van der Waals surface area contributed by atoms with Gasteiger partial charge in [0.15, 0.2) is 5.78 Å². The van der Waals surface area contributed by atoms with E-state index < -0.39 is 0 Å². The van der Waals surface area contributed by atoms with E-state index >= 15 is 0 Å². The Kier molecular flexibility index (Phi) is 13.0. The van der Waals surface area contributed by atoms with Crippen molar-refractivity contribution in [1.82, 2.24) is 0 Å². The maximum absolute atomic E-state index is 12.0. The van der Waals surface area contributed by atoms with Crippen LogP contribution in [0.25, 0.3) is 0 Å². The highest BCUT2D eigenvalue weighted by Crippen LogP contribution is 2.11. The molecule has 0 fully saturated rings. The number of Topliss-reactive ketones (excluding diaryl/α,β-unsaturated/α-hetero) is 1. The summed E-state index contributed by atoms with van der Waals surface area (Å²) in [5, 5.41) is 0. The molecule has 0 spiro atoms. The van der Waals surface area contributed by atoms with Gasteiger partial charge in [0.2, 0.25) is 0 Å². The molecular weight excluding hydrogens is 260 g/mol. The van der Waals surface area contributed by atoms with Crippen molar-refractivity contribution in [2.24, 2.45) is 5.73 Å². The van der Waals surface area contributed by atoms with Gasteiger partial charge in [0.1, 0.15) is 6.54 Å². The lowest BCUT2D eigenvalue weighted by Gasteiger charge is -2.28. The van der Waals surface area contributed by atoms with Crippen LogP contribution in [0, 0.1) is 0 Å². The summed E-state index contributed by atoms with van der Waals surface area (Å²) in [4.78, 5) is 12.0. The van der Waals surface area contributed by atoms with Crippen molar-refractivity contribution < 1.29 is 9.28 Å². The van der Waals surface area contributed by atoms with Gasteiger partial charge in [-0.25, -0.2) is 0 Å². The van der Waals surface area contributed by atoms with Gasteiger partial charge in [-0.2, -0.15) is 0 Å². The maximum Gasteiger partial charge on any atom is 0.186 e. The van der Waals surface area contributed by atoms with Crippen molar-refractivity contribution in [3.05, 3.63) is 0 Å². The topological polar surface area (TPSA) is 43.1 Å². The molecule has 0 saturated carbocycles. The van der Waals surface area contributed by atoms with Gasteiger partial charge in [-0.05, 0) is 13.0 Å². The summed E-state index contributed by atoms with van der Waals surface area (Å²) in [6.07, 6.45) is 13.6. The van der Waals surface area contributed by atoms with Crippen LogP contribution in [-0.4, -0.2) is 44.0 Å². The second-order valence-corrected chi connectivity index (χ2v) is 7.08. The molecule has 0 unspecified atom stereocenters. The van der Waals surface area contributed by atoms with E-state index in [-0.39, 0.29) is 0 Å². The van der Waals surface area contributed by atoms with E-state index in [0.29, 0.717) is 18.9 Å². The third-order valence-corrected chi connectivity index (χ3v) is 4.13. The van der Waals surface area contributed by atoms with Crippen LogP contribution < -0.4 is 5.73 Å². The molecule has 0 aromatic carbocycles. The molecule has 0 rings (SSSR count). The summed E-state index contributed by atoms with van der Waals surface area (Å²) in [7, 11) is 4.26. The summed E-state index contributed by atoms with van der Waals surface area (Å²) in [6, 6.07) is 0. The number of carbonyl (C=O) groups is 1. The molecule has 3 heteroatoms. The van der Waals surface area contributed by atoms with E-state index in [1.165, 1.54) is 51.4 Å². The SMILES string of the molecule is CCCCCCCCCCCC(=O)C[N+](C)(C)CCCN. The van der Waals surface area contributed by atoms with Crippen molar-refractivity contribution in [3.8, 4) is 0 Å². The summed E-state index contributed by atoms with van der Waals surface area (Å²) in [5.41, 5.74) is 5.54. The van der Waals surface area contributed by atoms with E-state index in [9.17, 15) is 4.79 Å². The fourth-order valence-corrected chi connectivity index (χ4v) is 2.79. The first kappa shape index (κ1) is 20.6. The summed E-state index contributed by atoms with van der Waals surface area (Å²) in [6.45, 7) is 4.64. The van der Waals surface area contributed by atoms with Crippen LogP contribution >= 0.6 is 0 Å². The quantitative estimate of drug-likeness (QED) is 0.368. The van der Waals surface area contributed by atoms with Crippen molar-refractivity contribution >= 4 is 5.78 Å². The first-order valence-electron chi connectivity index (χ1n) is 9.05. The lowest BCUT2D eigenvalue weighted by Crippen LogP contribution is -2.45. The van der Waals surface area contributed by atoms with Crippen molar-refractivity contribution in [2.75, 3.05) is 33.7 Å². The Morgan fingerprint density at radius 2 is 1.38 bits per heavy atom. The molecule has 21 heavy (non-hydrogen) atoms. The number of carbonyl (C=O) groups excluding carboxylic acids is 1. The highest BCUT2D eigenvalue weighted by atomic mass is 16.1. The fraction of sp³-hybridized carbons (Fsp3) is 0.944. The Morgan fingerprint density at radius 3 is 1.90 bits per heavy atom. The zero-order chi connectivity index (χ0) is 16.0. The predicted molar refractivity (Wildman–Crippen MR) is 92.4 cm³/mol. The predicted octanol–water partition coefficient (Wildman–Crippen LogP) is 3.90. The second kappa shape index (κ2) is 13.3. The highest BCUT2D eigenvalue weighted by Gasteiger charge is 2.18. The van der Waals surface area contributed by atoms with Crippen LogP contribution in [0.4, 0.5) is 0 Å². The number of quaternary nitrogens is 1. The Labute approximate surface area is 132 Å². The van der Waals surface area contributed by atoms with Crippen molar-refractivity contribution in [1.29, 1.82) is 0 Å². The number of hydrogen-bond donors (Lipinski definition) is 1. The standard InChI is InChI=1S/C18H39N2O/c1-4-5-6-7-8-9-10-11-12-14-18(21)17-20(2,3)16-13-15-19/h4-17,19H2,1-3H3/q+1. The molecule has 3 nitrogen and oxygen atoms in total. The molecule has 2 N–H and O–H groups in total. The first-order valence-corrected chi connectivity index (χ1v) is 9.05. The number of unbranched alkanes of at least 4 members (excludes halogenated alkanes) is 8. The van der Waals surface area contributed by atoms with E-state index in [4.69, 9.17) is 5.73 Å². The van der Waals surface area contributed by atoms with E-state index in [2.05, 4.69) is 21.0 Å². The molecule has 0 aromatic rings. The van der Waals surface area contributed by atoms with Gasteiger partial charge < -0.3 is 10.2 Å². The molecule has 0 aromatic heterocycles. The second-order valence-electron chi connectivity index (χ2n) is 7.08. The number of ketones is 1. The first-order chi connectivity index (χ1) is 10.0. The van der Waals surface area contributed by atoms with Crippen LogP contribution in [-0.2, 0) is 4.79 Å². The van der Waals surface area contributed by atoms with Gasteiger partial charge in [0, 0.05) is 12.8 Å². The Hall–Kier alpha value is -0.410. The Bertz CT molecular complexity index is 252. The normalized spacial score (nSPS) is 11.8. The Balaban J connectivity index is 3.45. The maximum atomic E-state index is 12.0. The van der Waals surface area contributed by atoms with Gasteiger partial charge in [-0.1, -0.05) is 58.3 Å². The lowest BCUT2D eigenvalue weighted by molar-refractivity contribution is -0.882. The smallest absolute Gasteiger partial charge is 0.186 e. The molecular formula is C18H39N2O+. The van der Waals surface area contributed by atoms with Crippen LogP contribution in [0.3, 0.4) is 0 Å². The van der Waals surface area contributed by atoms with Crippen LogP contribution in [0.5, 0.6) is 0 Å². The number of rotatable bonds is 15. The molecule has 0 aliphatic heterocycles. The molecule has 0 atom stereocenters. The minimum absolute atomic E-state index is 0.417. The minimum Gasteiger partial charge on any atom is -0.330 e. The van der Waals surface area contributed by atoms with Gasteiger partial charge in [-0.15, -0.1) is 0 Å². The molecule has 0 aliphatic rings. The van der Waals surface area contributed by atoms with Crippen molar-refractivity contribution in [2.45, 2.75) is 77.6 Å². The fourth-order valence-electron chi connectivity index (χ4n) is 2.79. The van der Waals surface area contributed by atoms with E-state index in [0.717, 1.165) is 30.3 Å². The van der Waals surface area contributed by atoms with Crippen LogP contribution in [0.1, 0.15) is 77.6 Å². The summed E-state index contributed by atoms with van der Waals surface area (Å²) < 4.78 is 0.785. The average Bonchev–Trinajstić information content (AvgIpc) is 2.43. The molecule has 126 valence electrons. The highest BCUT2D eigenvalue weighted by molar-refractivity contribution is 5.79. The summed E-state index contributed by atoms with van der Waals surface area (Å²) in [5.74, 6) is 0.417. The lowest BCUT2D eigenvalue weighted by atomic mass is 10.1. The third-order valence-electron chi connectivity index (χ3n) is 4.13. The zero-order valence-corrected chi connectivity index (χ0v) is 14.8. The third kappa shape index (κ3) is 14.3. The number of likely N-dealkylation sites (N-methyl/N-ethyl adjacent to an activating group) is 1. The van der Waals surface area contributed by atoms with Crippen LogP contribution in [0.15, 0.2) is 0 Å². The molecule has 0 aliphatic carbocycles. The monoisotopic (exact) mass is 299 g/mol. The molecule has 0 saturated heterocycles. The number of nitrogens with zero attached hydrogens (tertiary/aromatic N) is 1. The number of hydrogen-bond acceptors (Lipinski definition) is 2. The van der Waals surface area contributed by atoms with Gasteiger partial charge in [-0.3, -0.25) is 4.79 Å². The van der Waals surface area contributed by atoms with Crippen LogP contribution in [0.2, 0.25) is 0 Å².